The lowest BCUT2D eigenvalue weighted by molar-refractivity contribution is -0.133. The van der Waals surface area contributed by atoms with Crippen molar-refractivity contribution < 1.29 is 13.9 Å². The van der Waals surface area contributed by atoms with Gasteiger partial charge in [-0.3, -0.25) is 4.79 Å². The molecule has 2 aromatic rings. The fourth-order valence-corrected chi connectivity index (χ4v) is 3.68. The SMILES string of the molecule is CCCOC(c1ccc(C(C)=N)cc1)[C@H](c1ccc(F)cc1)N1CCCC1=O. The van der Waals surface area contributed by atoms with Crippen molar-refractivity contribution in [1.29, 1.82) is 5.41 Å². The topological polar surface area (TPSA) is 53.4 Å². The van der Waals surface area contributed by atoms with Crippen LogP contribution in [0.25, 0.3) is 0 Å². The van der Waals surface area contributed by atoms with E-state index in [1.54, 1.807) is 19.1 Å². The number of hydrogen-bond donors (Lipinski definition) is 1. The monoisotopic (exact) mass is 382 g/mol. The van der Waals surface area contributed by atoms with Crippen LogP contribution in [0.4, 0.5) is 4.39 Å². The summed E-state index contributed by atoms with van der Waals surface area (Å²) in [6.45, 7) is 5.04. The largest absolute Gasteiger partial charge is 0.371 e. The number of rotatable bonds is 8. The first-order chi connectivity index (χ1) is 13.5. The van der Waals surface area contributed by atoms with Gasteiger partial charge in [0.1, 0.15) is 11.9 Å². The zero-order valence-electron chi connectivity index (χ0n) is 16.5. The van der Waals surface area contributed by atoms with Crippen LogP contribution in [-0.2, 0) is 9.53 Å². The molecule has 0 spiro atoms. The highest BCUT2D eigenvalue weighted by molar-refractivity contribution is 5.96. The molecule has 1 unspecified atom stereocenters. The Morgan fingerprint density at radius 2 is 1.79 bits per heavy atom. The van der Waals surface area contributed by atoms with E-state index in [-0.39, 0.29) is 23.9 Å². The highest BCUT2D eigenvalue weighted by Gasteiger charge is 2.36. The zero-order chi connectivity index (χ0) is 20.1. The summed E-state index contributed by atoms with van der Waals surface area (Å²) in [6, 6.07) is 13.8. The smallest absolute Gasteiger partial charge is 0.223 e. The van der Waals surface area contributed by atoms with Gasteiger partial charge in [-0.2, -0.15) is 0 Å². The number of halogens is 1. The lowest BCUT2D eigenvalue weighted by Gasteiger charge is -2.35. The van der Waals surface area contributed by atoms with Crippen molar-refractivity contribution in [1.82, 2.24) is 4.90 Å². The summed E-state index contributed by atoms with van der Waals surface area (Å²) < 4.78 is 19.8. The van der Waals surface area contributed by atoms with E-state index in [0.29, 0.717) is 25.3 Å². The number of benzene rings is 2. The van der Waals surface area contributed by atoms with Gasteiger partial charge in [-0.1, -0.05) is 43.3 Å². The summed E-state index contributed by atoms with van der Waals surface area (Å²) >= 11 is 0. The minimum Gasteiger partial charge on any atom is -0.371 e. The van der Waals surface area contributed by atoms with Gasteiger partial charge in [0.2, 0.25) is 5.91 Å². The third-order valence-corrected chi connectivity index (χ3v) is 5.12. The van der Waals surface area contributed by atoms with Gasteiger partial charge >= 0.3 is 0 Å². The first-order valence-corrected chi connectivity index (χ1v) is 9.83. The predicted molar refractivity (Wildman–Crippen MR) is 108 cm³/mol. The molecule has 1 aliphatic rings. The van der Waals surface area contributed by atoms with E-state index in [2.05, 4.69) is 0 Å². The number of hydrogen-bond acceptors (Lipinski definition) is 3. The minimum absolute atomic E-state index is 0.103. The molecule has 0 bridgehead atoms. The van der Waals surface area contributed by atoms with E-state index in [1.165, 1.54) is 12.1 Å². The normalized spacial score (nSPS) is 16.2. The molecule has 148 valence electrons. The molecular weight excluding hydrogens is 355 g/mol. The second kappa shape index (κ2) is 9.11. The molecule has 1 saturated heterocycles. The van der Waals surface area contributed by atoms with Crippen LogP contribution in [0.2, 0.25) is 0 Å². The van der Waals surface area contributed by atoms with Crippen molar-refractivity contribution in [3.63, 3.8) is 0 Å². The Morgan fingerprint density at radius 1 is 1.14 bits per heavy atom. The molecule has 0 saturated carbocycles. The van der Waals surface area contributed by atoms with Crippen molar-refractivity contribution in [3.8, 4) is 0 Å². The third kappa shape index (κ3) is 4.47. The van der Waals surface area contributed by atoms with Crippen LogP contribution in [0.3, 0.4) is 0 Å². The highest BCUT2D eigenvalue weighted by atomic mass is 19.1. The van der Waals surface area contributed by atoms with Gasteiger partial charge in [0.15, 0.2) is 0 Å². The summed E-state index contributed by atoms with van der Waals surface area (Å²) in [7, 11) is 0. The lowest BCUT2D eigenvalue weighted by atomic mass is 9.93. The Kier molecular flexibility index (Phi) is 6.57. The molecule has 1 aliphatic heterocycles. The van der Waals surface area contributed by atoms with Crippen molar-refractivity contribution in [2.75, 3.05) is 13.2 Å². The molecule has 1 heterocycles. The lowest BCUT2D eigenvalue weighted by Crippen LogP contribution is -2.35. The average molecular weight is 382 g/mol. The van der Waals surface area contributed by atoms with Gasteiger partial charge in [0.25, 0.3) is 0 Å². The van der Waals surface area contributed by atoms with Crippen LogP contribution in [0.1, 0.15) is 61.9 Å². The van der Waals surface area contributed by atoms with E-state index in [1.807, 2.05) is 36.1 Å². The number of likely N-dealkylation sites (tertiary alicyclic amines) is 1. The van der Waals surface area contributed by atoms with Crippen molar-refractivity contribution >= 4 is 11.6 Å². The Bertz CT molecular complexity index is 818. The second-order valence-corrected chi connectivity index (χ2v) is 7.23. The summed E-state index contributed by atoms with van der Waals surface area (Å²) in [4.78, 5) is 14.4. The minimum atomic E-state index is -0.354. The van der Waals surface area contributed by atoms with Crippen LogP contribution in [0.15, 0.2) is 48.5 Å². The molecule has 0 radical (unpaired) electrons. The number of nitrogens with one attached hydrogen (secondary N) is 1. The highest BCUT2D eigenvalue weighted by Crippen LogP contribution is 2.39. The zero-order valence-corrected chi connectivity index (χ0v) is 16.5. The van der Waals surface area contributed by atoms with Gasteiger partial charge in [-0.15, -0.1) is 0 Å². The molecule has 4 nitrogen and oxygen atoms in total. The van der Waals surface area contributed by atoms with Crippen molar-refractivity contribution in [3.05, 3.63) is 71.0 Å². The van der Waals surface area contributed by atoms with E-state index < -0.39 is 0 Å². The van der Waals surface area contributed by atoms with E-state index in [4.69, 9.17) is 10.1 Å². The van der Waals surface area contributed by atoms with E-state index >= 15 is 0 Å². The third-order valence-electron chi connectivity index (χ3n) is 5.12. The molecule has 0 aromatic heterocycles. The van der Waals surface area contributed by atoms with Crippen LogP contribution < -0.4 is 0 Å². The number of nitrogens with zero attached hydrogens (tertiary/aromatic N) is 1. The van der Waals surface area contributed by atoms with E-state index in [9.17, 15) is 9.18 Å². The predicted octanol–water partition coefficient (Wildman–Crippen LogP) is 5.04. The maximum Gasteiger partial charge on any atom is 0.223 e. The fourth-order valence-electron chi connectivity index (χ4n) is 3.68. The molecule has 1 N–H and O–H groups in total. The van der Waals surface area contributed by atoms with Crippen LogP contribution in [-0.4, -0.2) is 29.7 Å². The summed E-state index contributed by atoms with van der Waals surface area (Å²) in [5.41, 5.74) is 3.17. The summed E-state index contributed by atoms with van der Waals surface area (Å²) in [5, 5.41) is 7.81. The Morgan fingerprint density at radius 3 is 2.32 bits per heavy atom. The van der Waals surface area contributed by atoms with Gasteiger partial charge in [-0.25, -0.2) is 4.39 Å². The maximum atomic E-state index is 13.5. The number of carbonyl (C=O) groups is 1. The molecule has 2 atom stereocenters. The first-order valence-electron chi connectivity index (χ1n) is 9.83. The van der Waals surface area contributed by atoms with Gasteiger partial charge in [0, 0.05) is 25.3 Å². The van der Waals surface area contributed by atoms with Crippen molar-refractivity contribution in [2.45, 2.75) is 45.3 Å². The van der Waals surface area contributed by atoms with Crippen LogP contribution >= 0.6 is 0 Å². The van der Waals surface area contributed by atoms with Crippen LogP contribution in [0.5, 0.6) is 0 Å². The second-order valence-electron chi connectivity index (χ2n) is 7.23. The van der Waals surface area contributed by atoms with Gasteiger partial charge in [-0.05, 0) is 48.6 Å². The van der Waals surface area contributed by atoms with Crippen LogP contribution in [0, 0.1) is 11.2 Å². The van der Waals surface area contributed by atoms with Crippen molar-refractivity contribution in [2.24, 2.45) is 0 Å². The Hall–Kier alpha value is -2.53. The molecule has 3 rings (SSSR count). The molecule has 2 aromatic carbocycles. The number of ether oxygens (including phenoxy) is 1. The molecule has 5 heteroatoms. The average Bonchev–Trinajstić information content (AvgIpc) is 3.11. The molecular formula is C23H27FN2O2. The number of amides is 1. The Labute approximate surface area is 165 Å². The van der Waals surface area contributed by atoms with Gasteiger partial charge < -0.3 is 15.0 Å². The van der Waals surface area contributed by atoms with Gasteiger partial charge in [0.05, 0.1) is 6.04 Å². The molecule has 1 fully saturated rings. The quantitative estimate of drug-likeness (QED) is 0.650. The standard InChI is InChI=1S/C23H27FN2O2/c1-3-15-28-23(19-8-6-17(7-9-19)16(2)25)22(26-14-4-5-21(26)27)18-10-12-20(24)13-11-18/h6-13,22-23,25H,3-5,14-15H2,1-2H3/t22-,23?/m0/s1. The molecule has 28 heavy (non-hydrogen) atoms. The maximum absolute atomic E-state index is 13.5. The number of carbonyl (C=O) groups excluding carboxylic acids is 1. The van der Waals surface area contributed by atoms with E-state index in [0.717, 1.165) is 29.5 Å². The fraction of sp³-hybridized carbons (Fsp3) is 0.391. The molecule has 1 amide bonds. The summed E-state index contributed by atoms with van der Waals surface area (Å²) in [5.74, 6) is -0.196. The Balaban J connectivity index is 2.03. The first kappa shape index (κ1) is 20.2. The molecule has 0 aliphatic carbocycles. The summed E-state index contributed by atoms with van der Waals surface area (Å²) in [6.07, 6.45) is 1.86.